The van der Waals surface area contributed by atoms with Crippen LogP contribution in [-0.2, 0) is 19.4 Å². The lowest BCUT2D eigenvalue weighted by Gasteiger charge is -2.25. The highest BCUT2D eigenvalue weighted by Crippen LogP contribution is 2.28. The van der Waals surface area contributed by atoms with E-state index in [4.69, 9.17) is 11.6 Å². The van der Waals surface area contributed by atoms with Crippen molar-refractivity contribution in [3.05, 3.63) is 53.5 Å². The number of hydrogen-bond acceptors (Lipinski definition) is 3. The smallest absolute Gasteiger partial charge is 0.135 e. The minimum atomic E-state index is 0.603. The van der Waals surface area contributed by atoms with Gasteiger partial charge in [0.05, 0.1) is 0 Å². The van der Waals surface area contributed by atoms with Crippen LogP contribution in [-0.4, -0.2) is 22.4 Å². The lowest BCUT2D eigenvalue weighted by atomic mass is 10.2. The Morgan fingerprint density at radius 2 is 1.95 bits per heavy atom. The minimum absolute atomic E-state index is 0.603. The van der Waals surface area contributed by atoms with Crippen LogP contribution in [0.5, 0.6) is 0 Å². The van der Waals surface area contributed by atoms with Gasteiger partial charge in [0.25, 0.3) is 0 Å². The number of fused-ring (bicyclic) bond motifs is 1. The molecule has 1 heterocycles. The van der Waals surface area contributed by atoms with Crippen LogP contribution in [0.2, 0.25) is 0 Å². The molecule has 2 aromatic rings. The molecule has 1 aliphatic rings. The van der Waals surface area contributed by atoms with Crippen molar-refractivity contribution < 1.29 is 0 Å². The molecule has 0 radical (unpaired) electrons. The monoisotopic (exact) mass is 287 g/mol. The van der Waals surface area contributed by atoms with E-state index in [0.29, 0.717) is 5.88 Å². The molecule has 4 heteroatoms. The van der Waals surface area contributed by atoms with Gasteiger partial charge in [0.2, 0.25) is 0 Å². The number of benzene rings is 1. The van der Waals surface area contributed by atoms with Crippen LogP contribution in [0.15, 0.2) is 36.7 Å². The summed E-state index contributed by atoms with van der Waals surface area (Å²) in [5, 5.41) is 0. The number of hydrogen-bond donors (Lipinski definition) is 0. The number of aromatic nitrogens is 2. The summed E-state index contributed by atoms with van der Waals surface area (Å²) in [4.78, 5) is 11.2. The predicted molar refractivity (Wildman–Crippen MR) is 82.3 cm³/mol. The molecular formula is C16H18ClN3. The molecule has 0 atom stereocenters. The highest BCUT2D eigenvalue weighted by molar-refractivity contribution is 6.18. The molecule has 20 heavy (non-hydrogen) atoms. The van der Waals surface area contributed by atoms with E-state index in [1.54, 1.807) is 6.33 Å². The molecule has 3 nitrogen and oxygen atoms in total. The van der Waals surface area contributed by atoms with Gasteiger partial charge in [-0.25, -0.2) is 9.97 Å². The Bertz CT molecular complexity index is 571. The summed E-state index contributed by atoms with van der Waals surface area (Å²) in [7, 11) is 0. The summed E-state index contributed by atoms with van der Waals surface area (Å²) in [5.74, 6) is 1.67. The van der Waals surface area contributed by atoms with Crippen LogP contribution in [0, 0.1) is 0 Å². The number of rotatable bonds is 5. The Labute approximate surface area is 124 Å². The molecule has 1 aliphatic carbocycles. The lowest BCUT2D eigenvalue weighted by molar-refractivity contribution is 0.802. The van der Waals surface area contributed by atoms with Crippen molar-refractivity contribution in [1.29, 1.82) is 0 Å². The summed E-state index contributed by atoms with van der Waals surface area (Å²) >= 11 is 5.98. The van der Waals surface area contributed by atoms with Gasteiger partial charge in [-0.3, -0.25) is 0 Å². The van der Waals surface area contributed by atoms with E-state index in [1.807, 2.05) is 6.07 Å². The SMILES string of the molecule is ClCCN(Cc1ccccc1)c1ncnc2c1CCC2. The maximum Gasteiger partial charge on any atom is 0.135 e. The quantitative estimate of drug-likeness (QED) is 0.791. The second-order valence-corrected chi connectivity index (χ2v) is 5.45. The van der Waals surface area contributed by atoms with E-state index >= 15 is 0 Å². The van der Waals surface area contributed by atoms with Crippen molar-refractivity contribution in [2.75, 3.05) is 17.3 Å². The molecule has 0 bridgehead atoms. The fraction of sp³-hybridized carbons (Fsp3) is 0.375. The van der Waals surface area contributed by atoms with Gasteiger partial charge in [-0.15, -0.1) is 11.6 Å². The van der Waals surface area contributed by atoms with E-state index in [0.717, 1.165) is 31.7 Å². The van der Waals surface area contributed by atoms with Crippen LogP contribution in [0.3, 0.4) is 0 Å². The Hall–Kier alpha value is -1.61. The third-order valence-electron chi connectivity index (χ3n) is 3.72. The summed E-state index contributed by atoms with van der Waals surface area (Å²) in [5.41, 5.74) is 3.80. The topological polar surface area (TPSA) is 29.0 Å². The fourth-order valence-corrected chi connectivity index (χ4v) is 2.98. The Balaban J connectivity index is 1.89. The second-order valence-electron chi connectivity index (χ2n) is 5.07. The minimum Gasteiger partial charge on any atom is -0.351 e. The molecular weight excluding hydrogens is 270 g/mol. The predicted octanol–water partition coefficient (Wildman–Crippen LogP) is 3.21. The van der Waals surface area contributed by atoms with Gasteiger partial charge < -0.3 is 4.90 Å². The third kappa shape index (κ3) is 2.78. The molecule has 104 valence electrons. The maximum atomic E-state index is 5.98. The first-order valence-corrected chi connectivity index (χ1v) is 7.59. The van der Waals surface area contributed by atoms with Crippen LogP contribution in [0.25, 0.3) is 0 Å². The van der Waals surface area contributed by atoms with Gasteiger partial charge in [-0.05, 0) is 24.8 Å². The van der Waals surface area contributed by atoms with Crippen molar-refractivity contribution in [2.45, 2.75) is 25.8 Å². The number of nitrogens with zero attached hydrogens (tertiary/aromatic N) is 3. The average molecular weight is 288 g/mol. The van der Waals surface area contributed by atoms with Gasteiger partial charge in [0.1, 0.15) is 12.1 Å². The zero-order valence-corrected chi connectivity index (χ0v) is 12.2. The summed E-state index contributed by atoms with van der Waals surface area (Å²) in [6.45, 7) is 1.65. The van der Waals surface area contributed by atoms with Crippen LogP contribution in [0.4, 0.5) is 5.82 Å². The second kappa shape index (κ2) is 6.23. The molecule has 0 spiro atoms. The summed E-state index contributed by atoms with van der Waals surface area (Å²) < 4.78 is 0. The average Bonchev–Trinajstić information content (AvgIpc) is 2.96. The maximum absolute atomic E-state index is 5.98. The van der Waals surface area contributed by atoms with E-state index < -0.39 is 0 Å². The zero-order valence-electron chi connectivity index (χ0n) is 11.4. The normalized spacial score (nSPS) is 13.2. The van der Waals surface area contributed by atoms with Crippen molar-refractivity contribution in [3.8, 4) is 0 Å². The zero-order chi connectivity index (χ0) is 13.8. The number of halogens is 1. The van der Waals surface area contributed by atoms with Gasteiger partial charge in [-0.1, -0.05) is 30.3 Å². The van der Waals surface area contributed by atoms with Gasteiger partial charge >= 0.3 is 0 Å². The first-order valence-electron chi connectivity index (χ1n) is 7.06. The number of alkyl halides is 1. The Kier molecular flexibility index (Phi) is 4.16. The van der Waals surface area contributed by atoms with Crippen molar-refractivity contribution in [3.63, 3.8) is 0 Å². The van der Waals surface area contributed by atoms with E-state index in [2.05, 4.69) is 39.1 Å². The van der Waals surface area contributed by atoms with Crippen molar-refractivity contribution in [1.82, 2.24) is 9.97 Å². The molecule has 1 aromatic carbocycles. The Morgan fingerprint density at radius 1 is 1.10 bits per heavy atom. The molecule has 0 unspecified atom stereocenters. The van der Waals surface area contributed by atoms with Crippen LogP contribution < -0.4 is 4.90 Å². The third-order valence-corrected chi connectivity index (χ3v) is 3.89. The highest BCUT2D eigenvalue weighted by atomic mass is 35.5. The summed E-state index contributed by atoms with van der Waals surface area (Å²) in [6, 6.07) is 10.5. The van der Waals surface area contributed by atoms with Crippen molar-refractivity contribution in [2.24, 2.45) is 0 Å². The fourth-order valence-electron chi connectivity index (χ4n) is 2.78. The molecule has 0 fully saturated rings. The first kappa shape index (κ1) is 13.4. The van der Waals surface area contributed by atoms with E-state index in [-0.39, 0.29) is 0 Å². The highest BCUT2D eigenvalue weighted by Gasteiger charge is 2.20. The first-order chi connectivity index (χ1) is 9.88. The van der Waals surface area contributed by atoms with E-state index in [1.165, 1.54) is 23.2 Å². The standard InChI is InChI=1S/C16H18ClN3/c17-9-10-20(11-13-5-2-1-3-6-13)16-14-7-4-8-15(14)18-12-19-16/h1-3,5-6,12H,4,7-11H2. The summed E-state index contributed by atoms with van der Waals surface area (Å²) in [6.07, 6.45) is 5.02. The van der Waals surface area contributed by atoms with Gasteiger partial charge in [-0.2, -0.15) is 0 Å². The molecule has 0 saturated carbocycles. The molecule has 0 saturated heterocycles. The van der Waals surface area contributed by atoms with Crippen LogP contribution in [0.1, 0.15) is 23.2 Å². The molecule has 0 N–H and O–H groups in total. The lowest BCUT2D eigenvalue weighted by Crippen LogP contribution is -2.27. The van der Waals surface area contributed by atoms with Crippen LogP contribution >= 0.6 is 11.6 Å². The van der Waals surface area contributed by atoms with Gasteiger partial charge in [0.15, 0.2) is 0 Å². The number of aryl methyl sites for hydroxylation is 1. The van der Waals surface area contributed by atoms with E-state index in [9.17, 15) is 0 Å². The molecule has 1 aromatic heterocycles. The number of anilines is 1. The molecule has 0 aliphatic heterocycles. The molecule has 0 amide bonds. The largest absolute Gasteiger partial charge is 0.351 e. The Morgan fingerprint density at radius 3 is 2.75 bits per heavy atom. The van der Waals surface area contributed by atoms with Gasteiger partial charge in [0, 0.05) is 30.2 Å². The van der Waals surface area contributed by atoms with Crippen molar-refractivity contribution >= 4 is 17.4 Å². The molecule has 3 rings (SSSR count).